The maximum Gasteiger partial charge on any atom is 0.165 e. The van der Waals surface area contributed by atoms with Crippen molar-refractivity contribution < 1.29 is 9.47 Å². The molecule has 1 fully saturated rings. The maximum absolute atomic E-state index is 5.58. The molecular formula is C15H23NO2. The zero-order chi connectivity index (χ0) is 13.2. The zero-order valence-electron chi connectivity index (χ0n) is 11.7. The van der Waals surface area contributed by atoms with E-state index in [1.165, 1.54) is 6.42 Å². The van der Waals surface area contributed by atoms with Crippen molar-refractivity contribution in [3.63, 3.8) is 0 Å². The first-order valence-corrected chi connectivity index (χ1v) is 6.60. The third kappa shape index (κ3) is 2.78. The molecule has 0 aromatic heterocycles. The van der Waals surface area contributed by atoms with Gasteiger partial charge in [-0.15, -0.1) is 0 Å². The van der Waals surface area contributed by atoms with Crippen LogP contribution in [-0.2, 0) is 6.54 Å². The summed E-state index contributed by atoms with van der Waals surface area (Å²) in [5.41, 5.74) is 1.61. The number of rotatable bonds is 6. The summed E-state index contributed by atoms with van der Waals surface area (Å²) < 4.78 is 11.0. The van der Waals surface area contributed by atoms with E-state index in [1.807, 2.05) is 19.1 Å². The van der Waals surface area contributed by atoms with Crippen molar-refractivity contribution in [2.75, 3.05) is 13.7 Å². The van der Waals surface area contributed by atoms with Crippen LogP contribution in [0.4, 0.5) is 0 Å². The molecule has 100 valence electrons. The Balaban J connectivity index is 2.05. The zero-order valence-corrected chi connectivity index (χ0v) is 11.7. The van der Waals surface area contributed by atoms with Crippen LogP contribution < -0.4 is 14.8 Å². The Morgan fingerprint density at radius 2 is 2.11 bits per heavy atom. The Kier molecular flexibility index (Phi) is 3.81. The fraction of sp³-hybridized carbons (Fsp3) is 0.600. The number of para-hydroxylation sites is 1. The minimum absolute atomic E-state index is 0.449. The fourth-order valence-electron chi connectivity index (χ4n) is 2.25. The van der Waals surface area contributed by atoms with E-state index in [9.17, 15) is 0 Å². The topological polar surface area (TPSA) is 30.5 Å². The van der Waals surface area contributed by atoms with Gasteiger partial charge in [-0.25, -0.2) is 0 Å². The van der Waals surface area contributed by atoms with Gasteiger partial charge < -0.3 is 14.8 Å². The highest BCUT2D eigenvalue weighted by Gasteiger charge is 2.45. The standard InChI is InChI=1S/C15H23NO2/c1-5-18-12-8-6-7-11(14(12)17-4)10-16-13-9-15(13,2)3/h6-8,13,16H,5,9-10H2,1-4H3. The number of hydrogen-bond acceptors (Lipinski definition) is 3. The van der Waals surface area contributed by atoms with Crippen LogP contribution in [0.2, 0.25) is 0 Å². The van der Waals surface area contributed by atoms with Gasteiger partial charge in [0.25, 0.3) is 0 Å². The van der Waals surface area contributed by atoms with Crippen LogP contribution >= 0.6 is 0 Å². The molecule has 0 radical (unpaired) electrons. The Labute approximate surface area is 109 Å². The molecule has 1 unspecified atom stereocenters. The summed E-state index contributed by atoms with van der Waals surface area (Å²) in [7, 11) is 1.70. The van der Waals surface area contributed by atoms with Crippen LogP contribution in [0.25, 0.3) is 0 Å². The lowest BCUT2D eigenvalue weighted by molar-refractivity contribution is 0.308. The molecule has 0 bridgehead atoms. The Bertz CT molecular complexity index is 415. The highest BCUT2D eigenvalue weighted by molar-refractivity contribution is 5.46. The van der Waals surface area contributed by atoms with Crippen LogP contribution in [0.15, 0.2) is 18.2 Å². The largest absolute Gasteiger partial charge is 0.493 e. The van der Waals surface area contributed by atoms with Crippen molar-refractivity contribution in [1.29, 1.82) is 0 Å². The molecule has 0 saturated heterocycles. The van der Waals surface area contributed by atoms with Crippen molar-refractivity contribution in [3.8, 4) is 11.5 Å². The molecular weight excluding hydrogens is 226 g/mol. The van der Waals surface area contributed by atoms with E-state index < -0.39 is 0 Å². The SMILES string of the molecule is CCOc1cccc(CNC2CC2(C)C)c1OC. The normalized spacial score (nSPS) is 20.6. The van der Waals surface area contributed by atoms with Crippen molar-refractivity contribution in [2.24, 2.45) is 5.41 Å². The van der Waals surface area contributed by atoms with Gasteiger partial charge in [0.05, 0.1) is 13.7 Å². The molecule has 0 spiro atoms. The number of ether oxygens (including phenoxy) is 2. The smallest absolute Gasteiger partial charge is 0.165 e. The third-order valence-electron chi connectivity index (χ3n) is 3.62. The molecule has 18 heavy (non-hydrogen) atoms. The monoisotopic (exact) mass is 249 g/mol. The molecule has 0 aliphatic heterocycles. The Morgan fingerprint density at radius 1 is 1.39 bits per heavy atom. The van der Waals surface area contributed by atoms with Gasteiger partial charge in [-0.05, 0) is 24.8 Å². The van der Waals surface area contributed by atoms with Crippen LogP contribution in [0.3, 0.4) is 0 Å². The van der Waals surface area contributed by atoms with Gasteiger partial charge in [-0.2, -0.15) is 0 Å². The second-order valence-corrected chi connectivity index (χ2v) is 5.51. The molecule has 0 heterocycles. The predicted octanol–water partition coefficient (Wildman–Crippen LogP) is 2.98. The molecule has 3 nitrogen and oxygen atoms in total. The van der Waals surface area contributed by atoms with E-state index >= 15 is 0 Å². The molecule has 1 atom stereocenters. The van der Waals surface area contributed by atoms with Gasteiger partial charge in [-0.1, -0.05) is 26.0 Å². The number of nitrogens with one attached hydrogen (secondary N) is 1. The predicted molar refractivity (Wildman–Crippen MR) is 73.2 cm³/mol. The minimum Gasteiger partial charge on any atom is -0.493 e. The van der Waals surface area contributed by atoms with Crippen LogP contribution in [0.1, 0.15) is 32.8 Å². The first kappa shape index (κ1) is 13.2. The van der Waals surface area contributed by atoms with Gasteiger partial charge in [-0.3, -0.25) is 0 Å². The van der Waals surface area contributed by atoms with Crippen LogP contribution in [0, 0.1) is 5.41 Å². The summed E-state index contributed by atoms with van der Waals surface area (Å²) in [5, 5.41) is 3.57. The van der Waals surface area contributed by atoms with Crippen molar-refractivity contribution in [2.45, 2.75) is 39.8 Å². The molecule has 1 saturated carbocycles. The van der Waals surface area contributed by atoms with Gasteiger partial charge in [0.2, 0.25) is 0 Å². The average Bonchev–Trinajstić information content (AvgIpc) is 2.95. The van der Waals surface area contributed by atoms with Crippen LogP contribution in [-0.4, -0.2) is 19.8 Å². The first-order valence-electron chi connectivity index (χ1n) is 6.60. The summed E-state index contributed by atoms with van der Waals surface area (Å²) in [6.07, 6.45) is 1.25. The maximum atomic E-state index is 5.58. The number of methoxy groups -OCH3 is 1. The molecule has 2 rings (SSSR count). The lowest BCUT2D eigenvalue weighted by Gasteiger charge is -2.14. The minimum atomic E-state index is 0.449. The average molecular weight is 249 g/mol. The van der Waals surface area contributed by atoms with E-state index in [4.69, 9.17) is 9.47 Å². The summed E-state index contributed by atoms with van der Waals surface area (Å²) in [6.45, 7) is 8.05. The summed E-state index contributed by atoms with van der Waals surface area (Å²) in [4.78, 5) is 0. The lowest BCUT2D eigenvalue weighted by atomic mass is 10.1. The summed E-state index contributed by atoms with van der Waals surface area (Å²) >= 11 is 0. The number of hydrogen-bond donors (Lipinski definition) is 1. The van der Waals surface area contributed by atoms with Crippen molar-refractivity contribution in [1.82, 2.24) is 5.32 Å². The molecule has 1 N–H and O–H groups in total. The van der Waals surface area contributed by atoms with Crippen molar-refractivity contribution in [3.05, 3.63) is 23.8 Å². The number of benzene rings is 1. The Morgan fingerprint density at radius 3 is 2.67 bits per heavy atom. The molecule has 1 aromatic rings. The highest BCUT2D eigenvalue weighted by atomic mass is 16.5. The third-order valence-corrected chi connectivity index (χ3v) is 3.62. The molecule has 3 heteroatoms. The second-order valence-electron chi connectivity index (χ2n) is 5.51. The second kappa shape index (κ2) is 5.19. The van der Waals surface area contributed by atoms with E-state index in [0.717, 1.165) is 23.6 Å². The molecule has 1 aliphatic carbocycles. The fourth-order valence-corrected chi connectivity index (χ4v) is 2.25. The van der Waals surface area contributed by atoms with Crippen LogP contribution in [0.5, 0.6) is 11.5 Å². The molecule has 1 aliphatic rings. The summed E-state index contributed by atoms with van der Waals surface area (Å²) in [5.74, 6) is 1.68. The first-order chi connectivity index (χ1) is 8.58. The Hall–Kier alpha value is -1.22. The quantitative estimate of drug-likeness (QED) is 0.840. The lowest BCUT2D eigenvalue weighted by Crippen LogP contribution is -2.20. The van der Waals surface area contributed by atoms with Crippen molar-refractivity contribution >= 4 is 0 Å². The molecule has 1 aromatic carbocycles. The van der Waals surface area contributed by atoms with E-state index in [-0.39, 0.29) is 0 Å². The molecule has 0 amide bonds. The van der Waals surface area contributed by atoms with E-state index in [2.05, 4.69) is 25.2 Å². The van der Waals surface area contributed by atoms with E-state index in [0.29, 0.717) is 18.1 Å². The van der Waals surface area contributed by atoms with E-state index in [1.54, 1.807) is 7.11 Å². The highest BCUT2D eigenvalue weighted by Crippen LogP contribution is 2.45. The van der Waals surface area contributed by atoms with Gasteiger partial charge in [0.15, 0.2) is 11.5 Å². The summed E-state index contributed by atoms with van der Waals surface area (Å²) in [6, 6.07) is 6.68. The van der Waals surface area contributed by atoms with Gasteiger partial charge in [0.1, 0.15) is 0 Å². The van der Waals surface area contributed by atoms with Gasteiger partial charge in [0, 0.05) is 18.2 Å². The van der Waals surface area contributed by atoms with Gasteiger partial charge >= 0.3 is 0 Å².